The molecule has 4 saturated carbocycles. The Bertz CT molecular complexity index is 2370. The van der Waals surface area contributed by atoms with Crippen LogP contribution in [0.25, 0.3) is 44.8 Å². The zero-order valence-corrected chi connectivity index (χ0v) is 38.8. The lowest BCUT2D eigenvalue weighted by molar-refractivity contribution is -0.0625. The summed E-state index contributed by atoms with van der Waals surface area (Å²) in [6, 6.07) is 27.6. The number of hydrogen-bond donors (Lipinski definition) is 2. The van der Waals surface area contributed by atoms with Gasteiger partial charge in [-0.3, -0.25) is 0 Å². The molecule has 0 spiro atoms. The molecule has 0 aliphatic heterocycles. The monoisotopic (exact) mass is 836 g/mol. The van der Waals surface area contributed by atoms with Crippen LogP contribution in [0.2, 0.25) is 0 Å². The molecule has 0 amide bonds. The van der Waals surface area contributed by atoms with Crippen molar-refractivity contribution < 1.29 is 19.0 Å². The zero-order valence-electron chi connectivity index (χ0n) is 38.8. The van der Waals surface area contributed by atoms with Gasteiger partial charge in [0.1, 0.15) is 23.1 Å². The van der Waals surface area contributed by atoms with Crippen molar-refractivity contribution in [2.75, 3.05) is 0 Å². The first kappa shape index (κ1) is 42.8. The third-order valence-corrected chi connectivity index (χ3v) is 15.4. The number of hydrogen-bond acceptors (Lipinski definition) is 3. The summed E-state index contributed by atoms with van der Waals surface area (Å²) in [6.07, 6.45) is 9.84. The molecular formula is C57H67F2NO2. The molecule has 4 aromatic carbocycles. The van der Waals surface area contributed by atoms with E-state index in [4.69, 9.17) is 4.98 Å². The van der Waals surface area contributed by atoms with Gasteiger partial charge < -0.3 is 10.2 Å². The van der Waals surface area contributed by atoms with E-state index in [-0.39, 0.29) is 66.5 Å². The average Bonchev–Trinajstić information content (AvgIpc) is 3.12. The largest absolute Gasteiger partial charge is 0.507 e. The van der Waals surface area contributed by atoms with Gasteiger partial charge in [-0.15, -0.1) is 0 Å². The molecule has 9 rings (SSSR count). The summed E-state index contributed by atoms with van der Waals surface area (Å²) < 4.78 is 32.3. The van der Waals surface area contributed by atoms with E-state index in [2.05, 4.69) is 69.2 Å². The van der Waals surface area contributed by atoms with E-state index in [1.165, 1.54) is 12.1 Å². The number of rotatable bonds is 6. The van der Waals surface area contributed by atoms with Crippen LogP contribution in [0.15, 0.2) is 91.0 Å². The van der Waals surface area contributed by atoms with Crippen molar-refractivity contribution in [3.63, 3.8) is 0 Å². The highest BCUT2D eigenvalue weighted by molar-refractivity contribution is 5.89. The van der Waals surface area contributed by atoms with Crippen LogP contribution < -0.4 is 0 Å². The van der Waals surface area contributed by atoms with Crippen molar-refractivity contribution in [2.24, 2.45) is 32.5 Å². The fourth-order valence-electron chi connectivity index (χ4n) is 16.5. The predicted octanol–water partition coefficient (Wildman–Crippen LogP) is 16.0. The Morgan fingerprint density at radius 1 is 0.387 bits per heavy atom. The zero-order chi connectivity index (χ0) is 44.5. The number of aromatic nitrogens is 1. The Morgan fingerprint density at radius 3 is 1.05 bits per heavy atom. The number of pyridine rings is 1. The minimum absolute atomic E-state index is 0.0472. The van der Waals surface area contributed by atoms with Crippen molar-refractivity contribution in [1.82, 2.24) is 4.98 Å². The predicted molar refractivity (Wildman–Crippen MR) is 250 cm³/mol. The van der Waals surface area contributed by atoms with Gasteiger partial charge in [0.15, 0.2) is 0 Å². The van der Waals surface area contributed by atoms with Crippen molar-refractivity contribution in [3.8, 4) is 56.3 Å². The molecule has 62 heavy (non-hydrogen) atoms. The van der Waals surface area contributed by atoms with Gasteiger partial charge >= 0.3 is 0 Å². The number of aromatic hydroxyl groups is 2. The van der Waals surface area contributed by atoms with Crippen LogP contribution in [0.5, 0.6) is 11.5 Å². The molecule has 4 aliphatic carbocycles. The smallest absolute Gasteiger partial charge is 0.127 e. The molecule has 2 N–H and O–H groups in total. The fourth-order valence-corrected chi connectivity index (χ4v) is 16.5. The van der Waals surface area contributed by atoms with Gasteiger partial charge in [-0.05, 0) is 144 Å². The Morgan fingerprint density at radius 2 is 0.710 bits per heavy atom. The van der Waals surface area contributed by atoms with Crippen molar-refractivity contribution in [2.45, 2.75) is 144 Å². The number of phenolic OH excluding ortho intramolecular Hbond substituents is 2. The van der Waals surface area contributed by atoms with Crippen LogP contribution in [-0.2, 0) is 10.8 Å². The van der Waals surface area contributed by atoms with Crippen LogP contribution in [0.4, 0.5) is 8.78 Å². The molecule has 4 aliphatic rings. The van der Waals surface area contributed by atoms with Crippen LogP contribution in [-0.4, -0.2) is 15.2 Å². The average molecular weight is 836 g/mol. The van der Waals surface area contributed by atoms with E-state index in [9.17, 15) is 10.2 Å². The second-order valence-electron chi connectivity index (χ2n) is 24.8. The van der Waals surface area contributed by atoms with Gasteiger partial charge in [-0.2, -0.15) is 0 Å². The second-order valence-corrected chi connectivity index (χ2v) is 24.8. The summed E-state index contributed by atoms with van der Waals surface area (Å²) >= 11 is 0. The molecule has 0 radical (unpaired) electrons. The molecule has 3 nitrogen and oxygen atoms in total. The van der Waals surface area contributed by atoms with Gasteiger partial charge in [0, 0.05) is 44.2 Å². The summed E-state index contributed by atoms with van der Waals surface area (Å²) in [5.41, 5.74) is 6.30. The number of halogens is 2. The quantitative estimate of drug-likeness (QED) is 0.179. The highest BCUT2D eigenvalue weighted by Crippen LogP contribution is 2.69. The molecule has 4 fully saturated rings. The molecule has 0 saturated heterocycles. The summed E-state index contributed by atoms with van der Waals surface area (Å²) in [7, 11) is 0. The number of fused-ring (bicyclic) bond motifs is 4. The lowest BCUT2D eigenvalue weighted by Crippen LogP contribution is -2.53. The molecule has 5 heteroatoms. The summed E-state index contributed by atoms with van der Waals surface area (Å²) in [5.74, 6) is -0.405. The Labute approximate surface area is 369 Å². The minimum atomic E-state index is -0.363. The molecular weight excluding hydrogens is 769 g/mol. The number of phenols is 2. The highest BCUT2D eigenvalue weighted by atomic mass is 19.1. The van der Waals surface area contributed by atoms with Gasteiger partial charge in [-0.25, -0.2) is 13.8 Å². The van der Waals surface area contributed by atoms with E-state index in [0.717, 1.165) is 86.5 Å². The first-order chi connectivity index (χ1) is 28.8. The van der Waals surface area contributed by atoms with Gasteiger partial charge in [0.2, 0.25) is 0 Å². The van der Waals surface area contributed by atoms with Crippen LogP contribution in [0.1, 0.15) is 145 Å². The van der Waals surface area contributed by atoms with Crippen LogP contribution in [0, 0.1) is 44.1 Å². The normalized spacial score (nSPS) is 29.2. The maximum atomic E-state index is 16.2. The van der Waals surface area contributed by atoms with E-state index in [1.54, 1.807) is 12.1 Å². The highest BCUT2D eigenvalue weighted by Gasteiger charge is 2.59. The van der Waals surface area contributed by atoms with E-state index < -0.39 is 0 Å². The topological polar surface area (TPSA) is 53.4 Å². The third-order valence-electron chi connectivity index (χ3n) is 15.4. The molecule has 5 aromatic rings. The molecule has 4 bridgehead atoms. The second kappa shape index (κ2) is 14.0. The first-order valence-corrected chi connectivity index (χ1v) is 23.1. The number of benzene rings is 4. The lowest BCUT2D eigenvalue weighted by atomic mass is 9.43. The van der Waals surface area contributed by atoms with Gasteiger partial charge in [0.25, 0.3) is 0 Å². The molecule has 0 unspecified atom stereocenters. The van der Waals surface area contributed by atoms with Crippen molar-refractivity contribution in [1.29, 1.82) is 0 Å². The third kappa shape index (κ3) is 7.57. The van der Waals surface area contributed by atoms with Gasteiger partial charge in [-0.1, -0.05) is 124 Å². The summed E-state index contributed by atoms with van der Waals surface area (Å²) in [4.78, 5) is 5.26. The lowest BCUT2D eigenvalue weighted by Gasteiger charge is -2.61. The van der Waals surface area contributed by atoms with Crippen molar-refractivity contribution >= 4 is 0 Å². The van der Waals surface area contributed by atoms with Gasteiger partial charge in [0.05, 0.1) is 11.4 Å². The molecule has 1 aromatic heterocycles. The number of nitrogens with zero attached hydrogens (tertiary/aromatic N) is 1. The molecule has 1 heterocycles. The van der Waals surface area contributed by atoms with Crippen LogP contribution >= 0.6 is 0 Å². The Hall–Kier alpha value is -4.51. The van der Waals surface area contributed by atoms with E-state index in [1.807, 2.05) is 66.7 Å². The van der Waals surface area contributed by atoms with Crippen molar-refractivity contribution in [3.05, 3.63) is 114 Å². The minimum Gasteiger partial charge on any atom is -0.507 e. The Kier molecular flexibility index (Phi) is 9.65. The van der Waals surface area contributed by atoms with Crippen LogP contribution in [0.3, 0.4) is 0 Å². The standard InChI is InChI=1S/C57H67F2NO2/c1-50(2)26-54(9)27-51(3,4)31-56(30-50,34-54)44-24-36(58)22-42(48(44)61)38-16-11-13-18-40(38)46-20-15-21-47(60-46)41-19-14-12-17-39(41)43-23-37(59)25-45(49(43)62)57-32-52(5,6)28-55(10,35-57)29-53(7,8)33-57/h11-25,61-62H,26-35H2,1-10H3. The van der Waals surface area contributed by atoms with E-state index in [0.29, 0.717) is 33.6 Å². The fraction of sp³-hybridized carbons (Fsp3) is 0.491. The summed E-state index contributed by atoms with van der Waals surface area (Å²) in [5, 5.41) is 24.9. The summed E-state index contributed by atoms with van der Waals surface area (Å²) in [6.45, 7) is 23.4. The molecule has 0 atom stereocenters. The Balaban J connectivity index is 1.14. The maximum absolute atomic E-state index is 16.2. The first-order valence-electron chi connectivity index (χ1n) is 23.1. The molecule has 326 valence electrons. The maximum Gasteiger partial charge on any atom is 0.127 e. The SMILES string of the molecule is CC1(C)CC2(C)CC(C)(C)CC(c3cc(F)cc(-c4ccccc4-c4cccc(-c5ccccc5-c5cc(F)cc(C67CC(C)(C)CC(C)(CC(C)(C)C6)C7)c5O)n4)c3O)(C1)C2. The van der Waals surface area contributed by atoms with E-state index >= 15 is 8.78 Å².